The first-order valence-corrected chi connectivity index (χ1v) is 9.31. The molecule has 0 atom stereocenters. The van der Waals surface area contributed by atoms with Gasteiger partial charge in [0.25, 0.3) is 0 Å². The van der Waals surface area contributed by atoms with Crippen molar-refractivity contribution in [3.63, 3.8) is 0 Å². The molecule has 0 heterocycles. The fraction of sp³-hybridized carbons (Fsp3) is 1.00. The van der Waals surface area contributed by atoms with Crippen molar-refractivity contribution in [3.8, 4) is 0 Å². The molecule has 0 aliphatic rings. The molecule has 40 valence electrons. The molecule has 0 nitrogen and oxygen atoms in total. The number of rotatable bonds is 2. The van der Waals surface area contributed by atoms with E-state index in [9.17, 15) is 0 Å². The summed E-state index contributed by atoms with van der Waals surface area (Å²) in [6, 6.07) is 0. The molecular formula is C4H9BrMgTe. The molecule has 0 aromatic heterocycles. The van der Waals surface area contributed by atoms with Gasteiger partial charge in [-0.15, -0.1) is 0 Å². The van der Waals surface area contributed by atoms with Crippen LogP contribution >= 0.6 is 0 Å². The van der Waals surface area contributed by atoms with Crippen molar-refractivity contribution < 1.29 is 17.0 Å². The van der Waals surface area contributed by atoms with Crippen LogP contribution in [0.15, 0.2) is 0 Å². The Bertz CT molecular complexity index is 32.9. The standard InChI is InChI=1S/C4H10Te.BrH.Mg/c1-4(2)3-5;;/h4-5H,3H2,1-2H3;1H;/q;;+2/p-2. The summed E-state index contributed by atoms with van der Waals surface area (Å²) in [6.07, 6.45) is 0. The molecule has 0 aliphatic heterocycles. The third-order valence-electron chi connectivity index (χ3n) is 0.451. The summed E-state index contributed by atoms with van der Waals surface area (Å²) in [4.78, 5) is 0. The van der Waals surface area contributed by atoms with Crippen molar-refractivity contribution in [2.24, 2.45) is 5.92 Å². The second kappa shape index (κ2) is 8.04. The summed E-state index contributed by atoms with van der Waals surface area (Å²) in [5.74, 6) is 0.963. The maximum Gasteiger partial charge on any atom is -1.00 e. The fourth-order valence-electron chi connectivity index (χ4n) is 0.236. The SMILES string of the molecule is CC(C)C[Te][Mg+].[Br-]. The van der Waals surface area contributed by atoms with Crippen molar-refractivity contribution >= 4 is 35.1 Å². The van der Waals surface area contributed by atoms with E-state index in [0.29, 0.717) is 17.2 Å². The average molecular weight is 289 g/mol. The van der Waals surface area contributed by atoms with E-state index in [1.807, 2.05) is 0 Å². The van der Waals surface area contributed by atoms with E-state index in [0.717, 1.165) is 5.92 Å². The molecule has 0 rings (SSSR count). The molecule has 7 heavy (non-hydrogen) atoms. The van der Waals surface area contributed by atoms with Gasteiger partial charge in [-0.05, 0) is 0 Å². The van der Waals surface area contributed by atoms with Gasteiger partial charge in [-0.25, -0.2) is 0 Å². The molecule has 0 N–H and O–H groups in total. The van der Waals surface area contributed by atoms with Gasteiger partial charge in [0.1, 0.15) is 0 Å². The number of hydrogen-bond acceptors (Lipinski definition) is 0. The van der Waals surface area contributed by atoms with Gasteiger partial charge in [-0.3, -0.25) is 0 Å². The molecule has 0 aromatic rings. The second-order valence-electron chi connectivity index (χ2n) is 1.76. The number of hydrogen-bond donors (Lipinski definition) is 0. The largest absolute Gasteiger partial charge is 1.00 e. The van der Waals surface area contributed by atoms with Crippen LogP contribution in [0.1, 0.15) is 13.8 Å². The van der Waals surface area contributed by atoms with E-state index in [1.165, 1.54) is 4.47 Å². The molecule has 0 spiro atoms. The minimum atomic E-state index is 0. The third kappa shape index (κ3) is 11.5. The van der Waals surface area contributed by atoms with Gasteiger partial charge in [-0.1, -0.05) is 0 Å². The fourth-order valence-corrected chi connectivity index (χ4v) is 4.74. The summed E-state index contributed by atoms with van der Waals surface area (Å²) in [7, 11) is 0. The predicted molar refractivity (Wildman–Crippen MR) is 31.2 cm³/mol. The predicted octanol–water partition coefficient (Wildman–Crippen LogP) is -2.15. The van der Waals surface area contributed by atoms with Crippen LogP contribution < -0.4 is 17.0 Å². The van der Waals surface area contributed by atoms with Crippen LogP contribution in [0.3, 0.4) is 0 Å². The normalized spacial score (nSPS) is 8.71. The van der Waals surface area contributed by atoms with Gasteiger partial charge >= 0.3 is 59.3 Å². The van der Waals surface area contributed by atoms with Gasteiger partial charge in [0.15, 0.2) is 0 Å². The maximum atomic E-state index is 2.29. The van der Waals surface area contributed by atoms with Crippen molar-refractivity contribution in [3.05, 3.63) is 0 Å². The summed E-state index contributed by atoms with van der Waals surface area (Å²) in [6.45, 7) is 4.58. The van der Waals surface area contributed by atoms with Crippen LogP contribution in [-0.2, 0) is 0 Å². The van der Waals surface area contributed by atoms with E-state index < -0.39 is 0 Å². The van der Waals surface area contributed by atoms with Crippen LogP contribution in [0.2, 0.25) is 4.47 Å². The van der Waals surface area contributed by atoms with E-state index in [2.05, 4.69) is 31.8 Å². The van der Waals surface area contributed by atoms with Gasteiger partial charge < -0.3 is 17.0 Å². The maximum absolute atomic E-state index is 2.29. The van der Waals surface area contributed by atoms with Crippen LogP contribution in [-0.4, -0.2) is 35.1 Å². The first-order valence-electron chi connectivity index (χ1n) is 2.14. The van der Waals surface area contributed by atoms with Crippen molar-refractivity contribution in [1.29, 1.82) is 0 Å². The number of halogens is 1. The third-order valence-corrected chi connectivity index (χ3v) is 4.61. The van der Waals surface area contributed by atoms with Crippen LogP contribution in [0.5, 0.6) is 0 Å². The van der Waals surface area contributed by atoms with Gasteiger partial charge in [0.05, 0.1) is 0 Å². The molecule has 0 bridgehead atoms. The van der Waals surface area contributed by atoms with Crippen molar-refractivity contribution in [1.82, 2.24) is 0 Å². The quantitative estimate of drug-likeness (QED) is 0.509. The average Bonchev–Trinajstić information content (AvgIpc) is 1.35. The Labute approximate surface area is 75.4 Å². The van der Waals surface area contributed by atoms with Crippen LogP contribution in [0.25, 0.3) is 0 Å². The van der Waals surface area contributed by atoms with Crippen LogP contribution in [0, 0.1) is 5.92 Å². The molecular weight excluding hydrogens is 280 g/mol. The summed E-state index contributed by atoms with van der Waals surface area (Å²) < 4.78 is 1.52. The molecule has 0 amide bonds. The molecule has 0 aromatic carbocycles. The minimum absolute atomic E-state index is 0. The first-order chi connectivity index (χ1) is 2.77. The van der Waals surface area contributed by atoms with Crippen molar-refractivity contribution in [2.45, 2.75) is 18.3 Å². The van der Waals surface area contributed by atoms with E-state index >= 15 is 0 Å². The monoisotopic (exact) mass is 290 g/mol. The molecule has 0 radical (unpaired) electrons. The first kappa shape index (κ1) is 11.8. The zero-order valence-corrected chi connectivity index (χ0v) is 10.1. The zero-order chi connectivity index (χ0) is 4.99. The van der Waals surface area contributed by atoms with E-state index in [4.69, 9.17) is 0 Å². The molecule has 0 aliphatic carbocycles. The van der Waals surface area contributed by atoms with E-state index in [1.54, 1.807) is 0 Å². The second-order valence-corrected chi connectivity index (χ2v) is 6.62. The van der Waals surface area contributed by atoms with E-state index in [-0.39, 0.29) is 17.0 Å². The summed E-state index contributed by atoms with van der Waals surface area (Å²) in [5, 5.41) is 0. The Morgan fingerprint density at radius 3 is 2.00 bits per heavy atom. The van der Waals surface area contributed by atoms with Gasteiger partial charge in [0, 0.05) is 0 Å². The Kier molecular flexibility index (Phi) is 13.5. The Hall–Kier alpha value is 2.04. The molecule has 3 heteroatoms. The molecule has 0 saturated heterocycles. The summed E-state index contributed by atoms with van der Waals surface area (Å²) in [5.41, 5.74) is 0. The Morgan fingerprint density at radius 1 is 1.57 bits per heavy atom. The Balaban J connectivity index is 0. The van der Waals surface area contributed by atoms with Crippen LogP contribution in [0.4, 0.5) is 0 Å². The Morgan fingerprint density at radius 2 is 2.00 bits per heavy atom. The molecule has 0 unspecified atom stereocenters. The van der Waals surface area contributed by atoms with Crippen molar-refractivity contribution in [2.75, 3.05) is 0 Å². The minimum Gasteiger partial charge on any atom is -1.00 e. The van der Waals surface area contributed by atoms with Gasteiger partial charge in [-0.2, -0.15) is 0 Å². The molecule has 0 fully saturated rings. The topological polar surface area (TPSA) is 0 Å². The van der Waals surface area contributed by atoms with Gasteiger partial charge in [0.2, 0.25) is 0 Å². The summed E-state index contributed by atoms with van der Waals surface area (Å²) >= 11 is 2.64. The molecule has 0 saturated carbocycles. The smallest absolute Gasteiger partial charge is 1.00 e. The zero-order valence-electron chi connectivity index (χ0n) is 4.78.